The Balaban J connectivity index is 1.86. The van der Waals surface area contributed by atoms with Crippen LogP contribution in [0.2, 0.25) is 0 Å². The number of likely N-dealkylation sites (N-methyl/N-ethyl adjacent to an activating group) is 1. The van der Waals surface area contributed by atoms with Crippen molar-refractivity contribution in [3.05, 3.63) is 101 Å². The minimum Gasteiger partial charge on any atom is -0.309 e. The maximum Gasteiger partial charge on any atom is 0.418 e. The van der Waals surface area contributed by atoms with Crippen LogP contribution in [0, 0.1) is 0 Å². The van der Waals surface area contributed by atoms with Gasteiger partial charge in [-0.1, -0.05) is 52.3 Å². The van der Waals surface area contributed by atoms with E-state index in [1.165, 1.54) is 12.1 Å². The zero-order valence-electron chi connectivity index (χ0n) is 20.1. The van der Waals surface area contributed by atoms with Gasteiger partial charge < -0.3 is 9.47 Å². The smallest absolute Gasteiger partial charge is 0.309 e. The third-order valence-electron chi connectivity index (χ3n) is 5.84. The van der Waals surface area contributed by atoms with Crippen molar-refractivity contribution in [1.82, 2.24) is 13.9 Å². The summed E-state index contributed by atoms with van der Waals surface area (Å²) in [6.45, 7) is 0.906. The van der Waals surface area contributed by atoms with E-state index in [9.17, 15) is 18.0 Å². The number of benzene rings is 3. The molecule has 0 aliphatic heterocycles. The van der Waals surface area contributed by atoms with Gasteiger partial charge in [-0.25, -0.2) is 4.42 Å². The van der Waals surface area contributed by atoms with Crippen LogP contribution in [0.5, 0.6) is 0 Å². The van der Waals surface area contributed by atoms with E-state index >= 15 is 0 Å². The van der Waals surface area contributed by atoms with Crippen molar-refractivity contribution >= 4 is 33.6 Å². The van der Waals surface area contributed by atoms with Crippen molar-refractivity contribution < 1.29 is 18.0 Å². The molecule has 1 amide bonds. The summed E-state index contributed by atoms with van der Waals surface area (Å²) in [5, 5.41) is 0. The molecular weight excluding hydrogens is 567 g/mol. The van der Waals surface area contributed by atoms with Crippen LogP contribution in [0.25, 0.3) is 28.2 Å². The Kier molecular flexibility index (Phi) is 8.11. The van der Waals surface area contributed by atoms with Gasteiger partial charge in [-0.15, -0.1) is 0 Å². The third-order valence-corrected chi connectivity index (χ3v) is 6.69. The van der Waals surface area contributed by atoms with Crippen molar-refractivity contribution in [3.8, 4) is 28.2 Å². The van der Waals surface area contributed by atoms with Crippen LogP contribution in [0.15, 0.2) is 89.4 Å². The lowest BCUT2D eigenvalue weighted by Crippen LogP contribution is -2.29. The summed E-state index contributed by atoms with van der Waals surface area (Å²) >= 11 is 9.63. The second-order valence-electron chi connectivity index (χ2n) is 8.74. The van der Waals surface area contributed by atoms with E-state index in [4.69, 9.17) is 11.8 Å². The summed E-state index contributed by atoms with van der Waals surface area (Å²) in [5.41, 5.74) is 2.01. The second kappa shape index (κ2) is 11.1. The van der Waals surface area contributed by atoms with Gasteiger partial charge in [-0.3, -0.25) is 4.79 Å². The number of hydrogen-bond donors (Lipinski definition) is 0. The molecule has 4 rings (SSSR count). The normalized spacial score (nSPS) is 11.7. The van der Waals surface area contributed by atoms with E-state index in [2.05, 4.69) is 15.9 Å². The molecule has 4 nitrogen and oxygen atoms in total. The van der Waals surface area contributed by atoms with E-state index in [-0.39, 0.29) is 11.6 Å². The molecule has 0 radical (unpaired) electrons. The highest BCUT2D eigenvalue weighted by atomic mass is 79.9. The SMILES string of the molecule is CN(C)CCN(Cl)C(=O)c1cccc(-c2ccc(-c3ccc(Br)cc3)n2-c2ccccc2C(F)(F)F)c1. The molecule has 1 heterocycles. The van der Waals surface area contributed by atoms with Crippen LogP contribution < -0.4 is 0 Å². The molecule has 9 heteroatoms. The highest BCUT2D eigenvalue weighted by Crippen LogP contribution is 2.39. The van der Waals surface area contributed by atoms with E-state index < -0.39 is 11.7 Å². The summed E-state index contributed by atoms with van der Waals surface area (Å²) in [5.74, 6) is -0.382. The Hall–Kier alpha value is -3.07. The quantitative estimate of drug-likeness (QED) is 0.206. The molecule has 0 aliphatic rings. The van der Waals surface area contributed by atoms with Crippen LogP contribution in [-0.2, 0) is 6.18 Å². The van der Waals surface area contributed by atoms with Crippen LogP contribution in [0.1, 0.15) is 15.9 Å². The van der Waals surface area contributed by atoms with E-state index in [1.807, 2.05) is 43.3 Å². The summed E-state index contributed by atoms with van der Waals surface area (Å²) in [4.78, 5) is 14.9. The number of aromatic nitrogens is 1. The summed E-state index contributed by atoms with van der Waals surface area (Å²) in [6, 6.07) is 23.1. The lowest BCUT2D eigenvalue weighted by Gasteiger charge is -2.20. The third kappa shape index (κ3) is 6.09. The summed E-state index contributed by atoms with van der Waals surface area (Å²) in [7, 11) is 3.76. The average molecular weight is 591 g/mol. The van der Waals surface area contributed by atoms with Crippen LogP contribution in [0.4, 0.5) is 13.2 Å². The number of nitrogens with zero attached hydrogens (tertiary/aromatic N) is 3. The van der Waals surface area contributed by atoms with Crippen molar-refractivity contribution in [2.45, 2.75) is 6.18 Å². The monoisotopic (exact) mass is 589 g/mol. The fraction of sp³-hybridized carbons (Fsp3) is 0.179. The maximum absolute atomic E-state index is 14.1. The number of halogens is 5. The standard InChI is InChI=1S/C28H24BrClF3N3O/c1-34(2)16-17-35(30)27(37)21-7-5-6-20(18-21)25-15-14-24(19-10-12-22(29)13-11-19)36(25)26-9-4-3-8-23(26)28(31,32)33/h3-15,18H,16-17H2,1-2H3. The molecule has 192 valence electrons. The minimum atomic E-state index is -4.56. The molecule has 1 aromatic heterocycles. The first kappa shape index (κ1) is 27.0. The van der Waals surface area contributed by atoms with Gasteiger partial charge in [0.1, 0.15) is 0 Å². The number of rotatable bonds is 7. The Bertz CT molecular complexity index is 1400. The first-order valence-electron chi connectivity index (χ1n) is 11.4. The lowest BCUT2D eigenvalue weighted by molar-refractivity contribution is -0.137. The largest absolute Gasteiger partial charge is 0.418 e. The lowest BCUT2D eigenvalue weighted by atomic mass is 10.1. The van der Waals surface area contributed by atoms with Crippen molar-refractivity contribution in [2.75, 3.05) is 27.2 Å². The Labute approximate surface area is 227 Å². The van der Waals surface area contributed by atoms with Gasteiger partial charge in [0.2, 0.25) is 0 Å². The molecule has 37 heavy (non-hydrogen) atoms. The number of amides is 1. The average Bonchev–Trinajstić information content (AvgIpc) is 3.32. The van der Waals surface area contributed by atoms with Crippen molar-refractivity contribution in [2.24, 2.45) is 0 Å². The summed E-state index contributed by atoms with van der Waals surface area (Å²) in [6.07, 6.45) is -4.56. The van der Waals surface area contributed by atoms with Gasteiger partial charge in [-0.05, 0) is 73.8 Å². The van der Waals surface area contributed by atoms with E-state index in [0.29, 0.717) is 35.6 Å². The zero-order valence-corrected chi connectivity index (χ0v) is 22.5. The number of hydrogen-bond acceptors (Lipinski definition) is 2. The molecule has 4 aromatic rings. The molecule has 0 bridgehead atoms. The molecule has 0 saturated heterocycles. The summed E-state index contributed by atoms with van der Waals surface area (Å²) < 4.78 is 45.7. The predicted octanol–water partition coefficient (Wildman–Crippen LogP) is 7.75. The molecule has 0 unspecified atom stereocenters. The molecule has 0 atom stereocenters. The maximum atomic E-state index is 14.1. The fourth-order valence-electron chi connectivity index (χ4n) is 4.02. The Morgan fingerprint density at radius 3 is 2.16 bits per heavy atom. The van der Waals surface area contributed by atoms with Crippen LogP contribution >= 0.6 is 27.7 Å². The Morgan fingerprint density at radius 2 is 1.51 bits per heavy atom. The number of para-hydroxylation sites is 1. The van der Waals surface area contributed by atoms with E-state index in [0.717, 1.165) is 20.5 Å². The highest BCUT2D eigenvalue weighted by Gasteiger charge is 2.34. The Morgan fingerprint density at radius 1 is 0.865 bits per heavy atom. The van der Waals surface area contributed by atoms with E-state index in [1.54, 1.807) is 47.0 Å². The first-order chi connectivity index (χ1) is 17.6. The second-order valence-corrected chi connectivity index (χ2v) is 10.1. The number of alkyl halides is 3. The van der Waals surface area contributed by atoms with Crippen LogP contribution in [-0.4, -0.2) is 47.0 Å². The topological polar surface area (TPSA) is 28.5 Å². The molecule has 0 saturated carbocycles. The van der Waals surface area contributed by atoms with Gasteiger partial charge in [0.25, 0.3) is 5.91 Å². The van der Waals surface area contributed by atoms with Gasteiger partial charge in [0, 0.05) is 28.4 Å². The predicted molar refractivity (Wildman–Crippen MR) is 145 cm³/mol. The zero-order chi connectivity index (χ0) is 26.7. The van der Waals surface area contributed by atoms with Gasteiger partial charge in [0.05, 0.1) is 29.2 Å². The number of carbonyl (C=O) groups excluding carboxylic acids is 1. The minimum absolute atomic E-state index is 0.00500. The first-order valence-corrected chi connectivity index (χ1v) is 12.6. The number of carbonyl (C=O) groups is 1. The fourth-order valence-corrected chi connectivity index (χ4v) is 4.45. The molecule has 0 N–H and O–H groups in total. The molecular formula is C28H24BrClF3N3O. The molecule has 3 aromatic carbocycles. The van der Waals surface area contributed by atoms with Crippen molar-refractivity contribution in [3.63, 3.8) is 0 Å². The van der Waals surface area contributed by atoms with Gasteiger partial charge in [0.15, 0.2) is 0 Å². The van der Waals surface area contributed by atoms with Crippen molar-refractivity contribution in [1.29, 1.82) is 0 Å². The van der Waals surface area contributed by atoms with Crippen LogP contribution in [0.3, 0.4) is 0 Å². The molecule has 0 fully saturated rings. The highest BCUT2D eigenvalue weighted by molar-refractivity contribution is 9.10. The van der Waals surface area contributed by atoms with Gasteiger partial charge in [-0.2, -0.15) is 13.2 Å². The molecule has 0 spiro atoms. The van der Waals surface area contributed by atoms with Gasteiger partial charge >= 0.3 is 6.18 Å². The molecule has 0 aliphatic carbocycles.